The van der Waals surface area contributed by atoms with Crippen LogP contribution in [0.15, 0.2) is 6.33 Å². The molecule has 3 N–H and O–H groups in total. The Bertz CT molecular complexity index is 336. The Morgan fingerprint density at radius 1 is 1.24 bits per heavy atom. The lowest BCUT2D eigenvalue weighted by molar-refractivity contribution is 0.825. The number of nitrogens with one attached hydrogen (secondary N) is 1. The first kappa shape index (κ1) is 13.5. The van der Waals surface area contributed by atoms with Gasteiger partial charge >= 0.3 is 0 Å². The standard InChI is InChI=1S/C12H23N5/c1-4-7-8-14-11-10(13)12(16-9-15-11)17(5-2)6-3/h9H,4-8,13H2,1-3H3,(H,14,15,16). The van der Waals surface area contributed by atoms with E-state index in [2.05, 4.69) is 41.0 Å². The molecule has 0 fully saturated rings. The second kappa shape index (κ2) is 6.93. The van der Waals surface area contributed by atoms with Gasteiger partial charge in [-0.3, -0.25) is 0 Å². The van der Waals surface area contributed by atoms with Gasteiger partial charge in [-0.15, -0.1) is 0 Å². The fraction of sp³-hybridized carbons (Fsp3) is 0.667. The van der Waals surface area contributed by atoms with Gasteiger partial charge in [0, 0.05) is 19.6 Å². The van der Waals surface area contributed by atoms with Crippen molar-refractivity contribution in [3.63, 3.8) is 0 Å². The second-order valence-electron chi connectivity index (χ2n) is 3.91. The SMILES string of the molecule is CCCCNc1ncnc(N(CC)CC)c1N. The molecular formula is C12H23N5. The molecule has 1 heterocycles. The van der Waals surface area contributed by atoms with E-state index in [4.69, 9.17) is 5.73 Å². The predicted octanol–water partition coefficient (Wildman–Crippen LogP) is 2.12. The lowest BCUT2D eigenvalue weighted by Crippen LogP contribution is -2.24. The predicted molar refractivity (Wildman–Crippen MR) is 73.4 cm³/mol. The van der Waals surface area contributed by atoms with Crippen molar-refractivity contribution in [2.75, 3.05) is 35.6 Å². The molecule has 0 aliphatic rings. The third kappa shape index (κ3) is 3.47. The Kier molecular flexibility index (Phi) is 5.52. The Morgan fingerprint density at radius 2 is 1.94 bits per heavy atom. The number of anilines is 3. The van der Waals surface area contributed by atoms with E-state index in [0.717, 1.165) is 44.1 Å². The van der Waals surface area contributed by atoms with Crippen LogP contribution in [0.3, 0.4) is 0 Å². The number of hydrogen-bond acceptors (Lipinski definition) is 5. The highest BCUT2D eigenvalue weighted by Crippen LogP contribution is 2.25. The fourth-order valence-corrected chi connectivity index (χ4v) is 1.69. The molecule has 0 saturated carbocycles. The number of nitrogen functional groups attached to an aromatic ring is 1. The Hall–Kier alpha value is -1.52. The molecule has 17 heavy (non-hydrogen) atoms. The molecule has 5 heteroatoms. The summed E-state index contributed by atoms with van der Waals surface area (Å²) in [6.07, 6.45) is 3.84. The van der Waals surface area contributed by atoms with Crippen LogP contribution >= 0.6 is 0 Å². The van der Waals surface area contributed by atoms with Gasteiger partial charge < -0.3 is 16.0 Å². The van der Waals surface area contributed by atoms with Gasteiger partial charge in [-0.1, -0.05) is 13.3 Å². The van der Waals surface area contributed by atoms with Crippen LogP contribution in [0.4, 0.5) is 17.3 Å². The fourth-order valence-electron chi connectivity index (χ4n) is 1.69. The van der Waals surface area contributed by atoms with Crippen LogP contribution in [0.5, 0.6) is 0 Å². The van der Waals surface area contributed by atoms with Crippen LogP contribution in [0.25, 0.3) is 0 Å². The van der Waals surface area contributed by atoms with Gasteiger partial charge in [-0.05, 0) is 20.3 Å². The summed E-state index contributed by atoms with van der Waals surface area (Å²) >= 11 is 0. The van der Waals surface area contributed by atoms with E-state index in [-0.39, 0.29) is 0 Å². The highest BCUT2D eigenvalue weighted by Gasteiger charge is 2.11. The molecule has 0 radical (unpaired) electrons. The maximum absolute atomic E-state index is 6.09. The zero-order valence-electron chi connectivity index (χ0n) is 11.0. The topological polar surface area (TPSA) is 67.1 Å². The molecule has 0 amide bonds. The van der Waals surface area contributed by atoms with Gasteiger partial charge in [0.15, 0.2) is 11.6 Å². The minimum absolute atomic E-state index is 0.646. The summed E-state index contributed by atoms with van der Waals surface area (Å²) in [4.78, 5) is 10.6. The number of unbranched alkanes of at least 4 members (excludes halogenated alkanes) is 1. The Balaban J connectivity index is 2.82. The van der Waals surface area contributed by atoms with Crippen LogP contribution in [0.2, 0.25) is 0 Å². The van der Waals surface area contributed by atoms with Gasteiger partial charge in [0.2, 0.25) is 0 Å². The molecule has 0 aliphatic heterocycles. The lowest BCUT2D eigenvalue weighted by Gasteiger charge is -2.22. The van der Waals surface area contributed by atoms with Crippen LogP contribution in [-0.4, -0.2) is 29.6 Å². The molecule has 0 atom stereocenters. The van der Waals surface area contributed by atoms with Crippen molar-refractivity contribution in [2.24, 2.45) is 0 Å². The molecule has 0 saturated heterocycles. The third-order valence-corrected chi connectivity index (χ3v) is 2.75. The van der Waals surface area contributed by atoms with Crippen molar-refractivity contribution in [3.8, 4) is 0 Å². The quantitative estimate of drug-likeness (QED) is 0.711. The van der Waals surface area contributed by atoms with Crippen LogP contribution in [0.1, 0.15) is 33.6 Å². The van der Waals surface area contributed by atoms with Crippen molar-refractivity contribution in [1.29, 1.82) is 0 Å². The van der Waals surface area contributed by atoms with Crippen molar-refractivity contribution in [1.82, 2.24) is 9.97 Å². The lowest BCUT2D eigenvalue weighted by atomic mass is 10.3. The van der Waals surface area contributed by atoms with Crippen LogP contribution < -0.4 is 16.0 Å². The van der Waals surface area contributed by atoms with E-state index in [1.165, 1.54) is 0 Å². The van der Waals surface area contributed by atoms with Crippen molar-refractivity contribution >= 4 is 17.3 Å². The molecule has 5 nitrogen and oxygen atoms in total. The first-order chi connectivity index (χ1) is 8.24. The molecular weight excluding hydrogens is 214 g/mol. The summed E-state index contributed by atoms with van der Waals surface area (Å²) in [6, 6.07) is 0. The first-order valence-corrected chi connectivity index (χ1v) is 6.33. The molecule has 1 aromatic rings. The van der Waals surface area contributed by atoms with Gasteiger partial charge in [-0.25, -0.2) is 9.97 Å². The largest absolute Gasteiger partial charge is 0.393 e. The molecule has 1 aromatic heterocycles. The van der Waals surface area contributed by atoms with Crippen molar-refractivity contribution < 1.29 is 0 Å². The molecule has 0 bridgehead atoms. The number of hydrogen-bond donors (Lipinski definition) is 2. The molecule has 96 valence electrons. The molecule has 0 spiro atoms. The van der Waals surface area contributed by atoms with Crippen molar-refractivity contribution in [3.05, 3.63) is 6.33 Å². The highest BCUT2D eigenvalue weighted by atomic mass is 15.2. The van der Waals surface area contributed by atoms with E-state index < -0.39 is 0 Å². The minimum atomic E-state index is 0.646. The summed E-state index contributed by atoms with van der Waals surface area (Å²) in [5, 5.41) is 3.25. The summed E-state index contributed by atoms with van der Waals surface area (Å²) in [7, 11) is 0. The molecule has 0 unspecified atom stereocenters. The normalized spacial score (nSPS) is 10.3. The number of rotatable bonds is 7. The van der Waals surface area contributed by atoms with Gasteiger partial charge in [0.1, 0.15) is 12.0 Å². The van der Waals surface area contributed by atoms with Gasteiger partial charge in [-0.2, -0.15) is 0 Å². The van der Waals surface area contributed by atoms with Gasteiger partial charge in [0.05, 0.1) is 0 Å². The number of nitrogens with zero attached hydrogens (tertiary/aromatic N) is 3. The molecule has 1 rings (SSSR count). The number of nitrogens with two attached hydrogens (primary N) is 1. The van der Waals surface area contributed by atoms with Crippen LogP contribution in [-0.2, 0) is 0 Å². The Morgan fingerprint density at radius 3 is 2.53 bits per heavy atom. The van der Waals surface area contributed by atoms with Gasteiger partial charge in [0.25, 0.3) is 0 Å². The summed E-state index contributed by atoms with van der Waals surface area (Å²) in [5.41, 5.74) is 6.73. The van der Waals surface area contributed by atoms with Crippen LogP contribution in [0, 0.1) is 0 Å². The molecule has 0 aliphatic carbocycles. The summed E-state index contributed by atoms with van der Waals surface area (Å²) in [6.45, 7) is 9.03. The van der Waals surface area contributed by atoms with E-state index in [1.54, 1.807) is 6.33 Å². The maximum Gasteiger partial charge on any atom is 0.157 e. The van der Waals surface area contributed by atoms with Crippen molar-refractivity contribution in [2.45, 2.75) is 33.6 Å². The number of aromatic nitrogens is 2. The van der Waals surface area contributed by atoms with E-state index in [9.17, 15) is 0 Å². The monoisotopic (exact) mass is 237 g/mol. The zero-order chi connectivity index (χ0) is 12.7. The Labute approximate surface area is 103 Å². The molecule has 0 aromatic carbocycles. The summed E-state index contributed by atoms with van der Waals surface area (Å²) in [5.74, 6) is 1.57. The smallest absolute Gasteiger partial charge is 0.157 e. The van der Waals surface area contributed by atoms with E-state index in [1.807, 2.05) is 0 Å². The summed E-state index contributed by atoms with van der Waals surface area (Å²) < 4.78 is 0. The van der Waals surface area contributed by atoms with E-state index in [0.29, 0.717) is 5.69 Å². The average Bonchev–Trinajstić information content (AvgIpc) is 2.35. The average molecular weight is 237 g/mol. The third-order valence-electron chi connectivity index (χ3n) is 2.75. The maximum atomic E-state index is 6.09. The highest BCUT2D eigenvalue weighted by molar-refractivity contribution is 5.74. The van der Waals surface area contributed by atoms with E-state index >= 15 is 0 Å². The minimum Gasteiger partial charge on any atom is -0.393 e. The second-order valence-corrected chi connectivity index (χ2v) is 3.91. The zero-order valence-corrected chi connectivity index (χ0v) is 11.0. The first-order valence-electron chi connectivity index (χ1n) is 6.33.